The summed E-state index contributed by atoms with van der Waals surface area (Å²) < 4.78 is 36.8. The van der Waals surface area contributed by atoms with Gasteiger partial charge in [-0.2, -0.15) is 13.2 Å². The van der Waals surface area contributed by atoms with Crippen LogP contribution in [0.25, 0.3) is 0 Å². The zero-order valence-electron chi connectivity index (χ0n) is 13.4. The highest BCUT2D eigenvalue weighted by Crippen LogP contribution is 2.43. The van der Waals surface area contributed by atoms with Crippen LogP contribution in [0, 0.1) is 23.7 Å². The van der Waals surface area contributed by atoms with Gasteiger partial charge in [0.05, 0.1) is 0 Å². The molecule has 0 spiro atoms. The van der Waals surface area contributed by atoms with Crippen LogP contribution in [0.1, 0.15) is 77.0 Å². The molecule has 2 aliphatic rings. The maximum atomic E-state index is 12.3. The molecule has 0 bridgehead atoms. The largest absolute Gasteiger partial charge is 0.389 e. The monoisotopic (exact) mass is 318 g/mol. The lowest BCUT2D eigenvalue weighted by Crippen LogP contribution is -2.26. The molecule has 0 aromatic carbocycles. The van der Waals surface area contributed by atoms with Gasteiger partial charge in [0.25, 0.3) is 0 Å². The van der Waals surface area contributed by atoms with E-state index >= 15 is 0 Å². The first kappa shape index (κ1) is 17.8. The van der Waals surface area contributed by atoms with E-state index in [9.17, 15) is 18.0 Å². The number of rotatable bonds is 6. The Morgan fingerprint density at radius 1 is 0.773 bits per heavy atom. The van der Waals surface area contributed by atoms with Gasteiger partial charge in [0.15, 0.2) is 0 Å². The molecule has 0 N–H and O–H groups in total. The number of carbonyl (C=O) groups is 1. The molecule has 2 fully saturated rings. The van der Waals surface area contributed by atoms with Crippen LogP contribution >= 0.6 is 0 Å². The van der Waals surface area contributed by atoms with Crippen molar-refractivity contribution < 1.29 is 18.0 Å². The summed E-state index contributed by atoms with van der Waals surface area (Å²) in [6, 6.07) is 0. The van der Waals surface area contributed by atoms with Gasteiger partial charge in [0, 0.05) is 12.8 Å². The molecule has 128 valence electrons. The quantitative estimate of drug-likeness (QED) is 0.555. The van der Waals surface area contributed by atoms with Crippen molar-refractivity contribution in [2.75, 3.05) is 0 Å². The van der Waals surface area contributed by atoms with Crippen LogP contribution < -0.4 is 0 Å². The van der Waals surface area contributed by atoms with Gasteiger partial charge in [-0.1, -0.05) is 25.7 Å². The first-order valence-electron chi connectivity index (χ1n) is 8.98. The minimum atomic E-state index is -3.99. The highest BCUT2D eigenvalue weighted by atomic mass is 19.4. The summed E-state index contributed by atoms with van der Waals surface area (Å²) in [6.07, 6.45) is 7.75. The second-order valence-corrected chi connectivity index (χ2v) is 7.46. The summed E-state index contributed by atoms with van der Waals surface area (Å²) in [5.41, 5.74) is 0. The van der Waals surface area contributed by atoms with Crippen LogP contribution in [0.2, 0.25) is 0 Å². The third kappa shape index (κ3) is 5.92. The van der Waals surface area contributed by atoms with E-state index in [1.54, 1.807) is 0 Å². The minimum absolute atomic E-state index is 0.293. The van der Waals surface area contributed by atoms with Crippen LogP contribution in [0.3, 0.4) is 0 Å². The first-order valence-corrected chi connectivity index (χ1v) is 8.98. The lowest BCUT2D eigenvalue weighted by Gasteiger charge is -2.38. The van der Waals surface area contributed by atoms with E-state index < -0.39 is 12.6 Å². The molecule has 22 heavy (non-hydrogen) atoms. The molecule has 2 rings (SSSR count). The Labute approximate surface area is 132 Å². The van der Waals surface area contributed by atoms with Crippen molar-refractivity contribution in [3.63, 3.8) is 0 Å². The van der Waals surface area contributed by atoms with E-state index in [2.05, 4.69) is 0 Å². The van der Waals surface area contributed by atoms with Gasteiger partial charge in [-0.15, -0.1) is 0 Å². The molecule has 0 unspecified atom stereocenters. The molecule has 0 radical (unpaired) electrons. The summed E-state index contributed by atoms with van der Waals surface area (Å²) >= 11 is 0. The molecular formula is C18H29F3O. The highest BCUT2D eigenvalue weighted by molar-refractivity contribution is 5.49. The van der Waals surface area contributed by atoms with Gasteiger partial charge in [-0.25, -0.2) is 0 Å². The fourth-order valence-corrected chi connectivity index (χ4v) is 4.57. The van der Waals surface area contributed by atoms with Gasteiger partial charge >= 0.3 is 6.18 Å². The predicted molar refractivity (Wildman–Crippen MR) is 81.5 cm³/mol. The van der Waals surface area contributed by atoms with Gasteiger partial charge in [-0.05, 0) is 62.2 Å². The molecule has 0 saturated heterocycles. The molecule has 4 heteroatoms. The van der Waals surface area contributed by atoms with E-state index in [0.717, 1.165) is 56.1 Å². The fraction of sp³-hybridized carbons (Fsp3) is 0.944. The molecule has 0 amide bonds. The molecule has 0 aliphatic heterocycles. The van der Waals surface area contributed by atoms with Gasteiger partial charge < -0.3 is 4.79 Å². The fourth-order valence-electron chi connectivity index (χ4n) is 4.57. The van der Waals surface area contributed by atoms with Gasteiger partial charge in [0.1, 0.15) is 6.29 Å². The van der Waals surface area contributed by atoms with Crippen LogP contribution in [0.4, 0.5) is 13.2 Å². The molecule has 2 aliphatic carbocycles. The molecule has 0 aromatic heterocycles. The summed E-state index contributed by atoms with van der Waals surface area (Å²) in [5, 5.41) is 0. The number of alkyl halides is 3. The summed E-state index contributed by atoms with van der Waals surface area (Å²) in [4.78, 5) is 10.4. The number of hydrogen-bond acceptors (Lipinski definition) is 1. The molecule has 0 aromatic rings. The van der Waals surface area contributed by atoms with E-state index in [-0.39, 0.29) is 0 Å². The Kier molecular flexibility index (Phi) is 6.76. The summed E-state index contributed by atoms with van der Waals surface area (Å²) in [5.74, 6) is 2.55. The van der Waals surface area contributed by atoms with Crippen molar-refractivity contribution in [2.45, 2.75) is 83.2 Å². The van der Waals surface area contributed by atoms with Crippen molar-refractivity contribution in [2.24, 2.45) is 23.7 Å². The van der Waals surface area contributed by atoms with E-state index in [0.29, 0.717) is 18.8 Å². The number of halogens is 3. The summed E-state index contributed by atoms with van der Waals surface area (Å²) in [7, 11) is 0. The Hall–Kier alpha value is -0.540. The lowest BCUT2D eigenvalue weighted by atomic mass is 9.68. The number of carbonyl (C=O) groups excluding carboxylic acids is 1. The SMILES string of the molecule is O=CCCC1CCC(C2CCC(CCC(F)(F)F)CC2)CC1. The zero-order chi connectivity index (χ0) is 16.0. The Morgan fingerprint density at radius 2 is 1.23 bits per heavy atom. The maximum Gasteiger partial charge on any atom is 0.389 e. The molecule has 0 atom stereocenters. The molecule has 2 saturated carbocycles. The molecule has 1 nitrogen and oxygen atoms in total. The molecule has 0 heterocycles. The van der Waals surface area contributed by atoms with Crippen molar-refractivity contribution in [1.29, 1.82) is 0 Å². The van der Waals surface area contributed by atoms with Crippen LogP contribution in [0.5, 0.6) is 0 Å². The normalized spacial score (nSPS) is 33.6. The number of hydrogen-bond donors (Lipinski definition) is 0. The van der Waals surface area contributed by atoms with E-state index in [1.165, 1.54) is 25.7 Å². The van der Waals surface area contributed by atoms with Gasteiger partial charge in [0.2, 0.25) is 0 Å². The highest BCUT2D eigenvalue weighted by Gasteiger charge is 2.33. The van der Waals surface area contributed by atoms with E-state index in [4.69, 9.17) is 0 Å². The third-order valence-corrected chi connectivity index (χ3v) is 5.98. The van der Waals surface area contributed by atoms with Crippen molar-refractivity contribution >= 4 is 6.29 Å². The maximum absolute atomic E-state index is 12.3. The molecular weight excluding hydrogens is 289 g/mol. The van der Waals surface area contributed by atoms with Crippen LogP contribution in [0.15, 0.2) is 0 Å². The third-order valence-electron chi connectivity index (χ3n) is 5.98. The zero-order valence-corrected chi connectivity index (χ0v) is 13.4. The van der Waals surface area contributed by atoms with Gasteiger partial charge in [-0.3, -0.25) is 0 Å². The second kappa shape index (κ2) is 8.35. The lowest BCUT2D eigenvalue weighted by molar-refractivity contribution is -0.138. The standard InChI is InChI=1S/C18H29F3O/c19-18(20,21)12-11-15-5-9-17(10-6-15)16-7-3-14(4-8-16)2-1-13-22/h13-17H,1-12H2. The predicted octanol–water partition coefficient (Wildman–Crippen LogP) is 5.92. The summed E-state index contributed by atoms with van der Waals surface area (Å²) in [6.45, 7) is 0. The minimum Gasteiger partial charge on any atom is -0.303 e. The van der Waals surface area contributed by atoms with Crippen LogP contribution in [-0.4, -0.2) is 12.5 Å². The Balaban J connectivity index is 1.64. The smallest absolute Gasteiger partial charge is 0.303 e. The number of aldehydes is 1. The van der Waals surface area contributed by atoms with Crippen molar-refractivity contribution in [3.05, 3.63) is 0 Å². The average molecular weight is 318 g/mol. The average Bonchev–Trinajstić information content (AvgIpc) is 2.51. The van der Waals surface area contributed by atoms with Crippen LogP contribution in [-0.2, 0) is 4.79 Å². The topological polar surface area (TPSA) is 17.1 Å². The second-order valence-electron chi connectivity index (χ2n) is 7.46. The van der Waals surface area contributed by atoms with Crippen molar-refractivity contribution in [3.8, 4) is 0 Å². The Morgan fingerprint density at radius 3 is 1.64 bits per heavy atom. The Bertz CT molecular complexity index is 324. The van der Waals surface area contributed by atoms with Crippen molar-refractivity contribution in [1.82, 2.24) is 0 Å². The first-order chi connectivity index (χ1) is 10.5. The van der Waals surface area contributed by atoms with E-state index in [1.807, 2.05) is 0 Å².